The second-order valence-corrected chi connectivity index (χ2v) is 4.62. The lowest BCUT2D eigenvalue weighted by molar-refractivity contribution is 0.0402. The van der Waals surface area contributed by atoms with Crippen molar-refractivity contribution in [1.82, 2.24) is 5.32 Å². The van der Waals surface area contributed by atoms with E-state index in [1.165, 1.54) is 0 Å². The molecule has 4 heteroatoms. The molecule has 1 aromatic rings. The van der Waals surface area contributed by atoms with Crippen LogP contribution >= 0.6 is 0 Å². The van der Waals surface area contributed by atoms with Crippen LogP contribution in [0.15, 0.2) is 24.3 Å². The number of nitrogen functional groups attached to an aromatic ring is 1. The Morgan fingerprint density at radius 1 is 1.47 bits per heavy atom. The fourth-order valence-corrected chi connectivity index (χ4v) is 1.52. The smallest absolute Gasteiger partial charge is 0.338 e. The van der Waals surface area contributed by atoms with Crippen LogP contribution in [-0.2, 0) is 4.74 Å². The van der Waals surface area contributed by atoms with Crippen LogP contribution in [0.4, 0.5) is 5.69 Å². The molecule has 0 aliphatic carbocycles. The first kappa shape index (κ1) is 13.5. The summed E-state index contributed by atoms with van der Waals surface area (Å²) in [5.41, 5.74) is 6.43. The molecule has 0 radical (unpaired) electrons. The lowest BCUT2D eigenvalue weighted by Crippen LogP contribution is -2.43. The molecule has 0 heterocycles. The van der Waals surface area contributed by atoms with E-state index in [1.54, 1.807) is 24.3 Å². The highest BCUT2D eigenvalue weighted by atomic mass is 16.5. The van der Waals surface area contributed by atoms with Crippen LogP contribution in [0.1, 0.15) is 31.1 Å². The molecule has 1 aromatic carbocycles. The van der Waals surface area contributed by atoms with Gasteiger partial charge in [-0.2, -0.15) is 0 Å². The fourth-order valence-electron chi connectivity index (χ4n) is 1.52. The number of carbonyl (C=O) groups is 1. The number of anilines is 1. The summed E-state index contributed by atoms with van der Waals surface area (Å²) in [6.07, 6.45) is 0. The van der Waals surface area contributed by atoms with E-state index >= 15 is 0 Å². The highest BCUT2D eigenvalue weighted by molar-refractivity contribution is 5.90. The summed E-state index contributed by atoms with van der Waals surface area (Å²) in [6, 6.07) is 6.78. The van der Waals surface area contributed by atoms with Gasteiger partial charge >= 0.3 is 5.97 Å². The minimum Gasteiger partial charge on any atom is -0.460 e. The van der Waals surface area contributed by atoms with Crippen molar-refractivity contribution in [3.05, 3.63) is 29.8 Å². The Labute approximate surface area is 102 Å². The number of benzene rings is 1. The minimum absolute atomic E-state index is 0.218. The average Bonchev–Trinajstić information content (AvgIpc) is 2.26. The summed E-state index contributed by atoms with van der Waals surface area (Å²) in [4.78, 5) is 11.7. The van der Waals surface area contributed by atoms with Gasteiger partial charge < -0.3 is 15.8 Å². The largest absolute Gasteiger partial charge is 0.460 e. The van der Waals surface area contributed by atoms with Gasteiger partial charge in [0.1, 0.15) is 6.61 Å². The molecule has 94 valence electrons. The number of esters is 1. The average molecular weight is 236 g/mol. The maximum absolute atomic E-state index is 11.7. The highest BCUT2D eigenvalue weighted by Gasteiger charge is 2.19. The standard InChI is InChI=1S/C13H20N2O2/c1-4-15-13(2,3)9-17-12(16)10-6-5-7-11(14)8-10/h5-8,15H,4,9,14H2,1-3H3. The number of rotatable bonds is 5. The van der Waals surface area contributed by atoms with Crippen LogP contribution in [-0.4, -0.2) is 24.7 Å². The summed E-state index contributed by atoms with van der Waals surface area (Å²) in [5.74, 6) is -0.344. The molecule has 3 N–H and O–H groups in total. The van der Waals surface area contributed by atoms with Gasteiger partial charge in [0, 0.05) is 11.2 Å². The van der Waals surface area contributed by atoms with Crippen molar-refractivity contribution >= 4 is 11.7 Å². The summed E-state index contributed by atoms with van der Waals surface area (Å²) in [7, 11) is 0. The molecule has 0 saturated carbocycles. The summed E-state index contributed by atoms with van der Waals surface area (Å²) in [6.45, 7) is 7.16. The number of nitrogens with one attached hydrogen (secondary N) is 1. The number of hydrogen-bond acceptors (Lipinski definition) is 4. The second-order valence-electron chi connectivity index (χ2n) is 4.62. The molecule has 17 heavy (non-hydrogen) atoms. The molecule has 0 atom stereocenters. The minimum atomic E-state index is -0.344. The van der Waals surface area contributed by atoms with E-state index in [9.17, 15) is 4.79 Å². The zero-order chi connectivity index (χ0) is 12.9. The van der Waals surface area contributed by atoms with Gasteiger partial charge in [-0.05, 0) is 38.6 Å². The van der Waals surface area contributed by atoms with Crippen LogP contribution < -0.4 is 11.1 Å². The topological polar surface area (TPSA) is 64.3 Å². The van der Waals surface area contributed by atoms with Crippen LogP contribution in [0.5, 0.6) is 0 Å². The Balaban J connectivity index is 2.56. The Morgan fingerprint density at radius 3 is 2.76 bits per heavy atom. The van der Waals surface area contributed by atoms with E-state index in [0.717, 1.165) is 6.54 Å². The SMILES string of the molecule is CCNC(C)(C)COC(=O)c1cccc(N)c1. The predicted molar refractivity (Wildman–Crippen MR) is 68.9 cm³/mol. The number of hydrogen-bond donors (Lipinski definition) is 2. The first-order valence-corrected chi connectivity index (χ1v) is 5.72. The van der Waals surface area contributed by atoms with E-state index in [1.807, 2.05) is 20.8 Å². The van der Waals surface area contributed by atoms with Crippen molar-refractivity contribution in [2.75, 3.05) is 18.9 Å². The van der Waals surface area contributed by atoms with Crippen LogP contribution in [0, 0.1) is 0 Å². The van der Waals surface area contributed by atoms with Gasteiger partial charge in [0.2, 0.25) is 0 Å². The zero-order valence-corrected chi connectivity index (χ0v) is 10.6. The van der Waals surface area contributed by atoms with Gasteiger partial charge in [-0.1, -0.05) is 13.0 Å². The van der Waals surface area contributed by atoms with Crippen molar-refractivity contribution in [3.63, 3.8) is 0 Å². The molecule has 0 fully saturated rings. The van der Waals surface area contributed by atoms with Gasteiger partial charge in [0.05, 0.1) is 5.56 Å². The monoisotopic (exact) mass is 236 g/mol. The van der Waals surface area contributed by atoms with Crippen molar-refractivity contribution in [2.45, 2.75) is 26.3 Å². The van der Waals surface area contributed by atoms with Crippen molar-refractivity contribution < 1.29 is 9.53 Å². The zero-order valence-electron chi connectivity index (χ0n) is 10.6. The molecule has 0 saturated heterocycles. The maximum atomic E-state index is 11.7. The molecule has 0 aliphatic heterocycles. The first-order chi connectivity index (χ1) is 7.94. The summed E-state index contributed by atoms with van der Waals surface area (Å²) in [5, 5.41) is 3.24. The molecular weight excluding hydrogens is 216 g/mol. The van der Waals surface area contributed by atoms with E-state index < -0.39 is 0 Å². The Kier molecular flexibility index (Phi) is 4.52. The van der Waals surface area contributed by atoms with Crippen LogP contribution in [0.3, 0.4) is 0 Å². The molecule has 1 rings (SSSR count). The van der Waals surface area contributed by atoms with Gasteiger partial charge in [0.25, 0.3) is 0 Å². The van der Waals surface area contributed by atoms with Crippen molar-refractivity contribution in [1.29, 1.82) is 0 Å². The van der Waals surface area contributed by atoms with E-state index in [2.05, 4.69) is 5.32 Å². The molecule has 4 nitrogen and oxygen atoms in total. The maximum Gasteiger partial charge on any atom is 0.338 e. The highest BCUT2D eigenvalue weighted by Crippen LogP contribution is 2.10. The molecule has 0 amide bonds. The van der Waals surface area contributed by atoms with Crippen molar-refractivity contribution in [3.8, 4) is 0 Å². The predicted octanol–water partition coefficient (Wildman–Crippen LogP) is 1.81. The lowest BCUT2D eigenvalue weighted by atomic mass is 10.1. The van der Waals surface area contributed by atoms with Gasteiger partial charge in [-0.3, -0.25) is 0 Å². The van der Waals surface area contributed by atoms with Gasteiger partial charge in [-0.15, -0.1) is 0 Å². The Hall–Kier alpha value is -1.55. The van der Waals surface area contributed by atoms with Crippen LogP contribution in [0.2, 0.25) is 0 Å². The normalized spacial score (nSPS) is 11.2. The second kappa shape index (κ2) is 5.68. The van der Waals surface area contributed by atoms with Gasteiger partial charge in [-0.25, -0.2) is 4.79 Å². The summed E-state index contributed by atoms with van der Waals surface area (Å²) < 4.78 is 5.24. The lowest BCUT2D eigenvalue weighted by Gasteiger charge is -2.25. The third-order valence-corrected chi connectivity index (χ3v) is 2.34. The van der Waals surface area contributed by atoms with Crippen LogP contribution in [0.25, 0.3) is 0 Å². The fraction of sp³-hybridized carbons (Fsp3) is 0.462. The quantitative estimate of drug-likeness (QED) is 0.604. The number of nitrogens with two attached hydrogens (primary N) is 1. The molecular formula is C13H20N2O2. The number of carbonyl (C=O) groups excluding carboxylic acids is 1. The Bertz CT molecular complexity index is 389. The molecule has 0 aliphatic rings. The first-order valence-electron chi connectivity index (χ1n) is 5.72. The molecule has 0 unspecified atom stereocenters. The molecule has 0 bridgehead atoms. The third-order valence-electron chi connectivity index (χ3n) is 2.34. The number of likely N-dealkylation sites (N-methyl/N-ethyl adjacent to an activating group) is 1. The Morgan fingerprint density at radius 2 is 2.18 bits per heavy atom. The molecule has 0 aromatic heterocycles. The third kappa shape index (κ3) is 4.44. The van der Waals surface area contributed by atoms with Crippen molar-refractivity contribution in [2.24, 2.45) is 0 Å². The molecule has 0 spiro atoms. The summed E-state index contributed by atoms with van der Waals surface area (Å²) >= 11 is 0. The van der Waals surface area contributed by atoms with E-state index in [4.69, 9.17) is 10.5 Å². The van der Waals surface area contributed by atoms with Gasteiger partial charge in [0.15, 0.2) is 0 Å². The van der Waals surface area contributed by atoms with E-state index in [-0.39, 0.29) is 11.5 Å². The number of ether oxygens (including phenoxy) is 1. The van der Waals surface area contributed by atoms with E-state index in [0.29, 0.717) is 17.9 Å².